The van der Waals surface area contributed by atoms with E-state index in [-0.39, 0.29) is 12.2 Å². The molecular weight excluding hydrogens is 250 g/mol. The lowest BCUT2D eigenvalue weighted by Crippen LogP contribution is -2.39. The van der Waals surface area contributed by atoms with Crippen LogP contribution in [0.1, 0.15) is 73.6 Å². The SMILES string of the molecule is CCCCC(CCC)C(OC(=O)N(CC)CC)C(C)C. The van der Waals surface area contributed by atoms with Crippen LogP contribution in [0.15, 0.2) is 0 Å². The average molecular weight is 285 g/mol. The summed E-state index contributed by atoms with van der Waals surface area (Å²) in [5.41, 5.74) is 0. The number of hydrogen-bond donors (Lipinski definition) is 0. The molecule has 0 aromatic carbocycles. The van der Waals surface area contributed by atoms with Crippen LogP contribution in [-0.4, -0.2) is 30.2 Å². The van der Waals surface area contributed by atoms with Crippen molar-refractivity contribution in [3.63, 3.8) is 0 Å². The van der Waals surface area contributed by atoms with E-state index in [1.165, 1.54) is 19.3 Å². The number of rotatable bonds is 10. The molecule has 0 aliphatic heterocycles. The Morgan fingerprint density at radius 3 is 2.00 bits per heavy atom. The Balaban J connectivity index is 4.76. The Bertz CT molecular complexity index is 249. The number of carbonyl (C=O) groups excluding carboxylic acids is 1. The molecule has 0 N–H and O–H groups in total. The van der Waals surface area contributed by atoms with Crippen LogP contribution in [0.4, 0.5) is 4.79 Å². The summed E-state index contributed by atoms with van der Waals surface area (Å²) < 4.78 is 5.85. The molecule has 120 valence electrons. The van der Waals surface area contributed by atoms with Crippen LogP contribution in [0.3, 0.4) is 0 Å². The maximum absolute atomic E-state index is 12.2. The van der Waals surface area contributed by atoms with Crippen molar-refractivity contribution in [2.24, 2.45) is 11.8 Å². The third-order valence-electron chi connectivity index (χ3n) is 3.97. The Morgan fingerprint density at radius 2 is 1.60 bits per heavy atom. The summed E-state index contributed by atoms with van der Waals surface area (Å²) in [6.07, 6.45) is 5.79. The number of carbonyl (C=O) groups is 1. The highest BCUT2D eigenvalue weighted by Crippen LogP contribution is 2.27. The molecule has 3 nitrogen and oxygen atoms in total. The van der Waals surface area contributed by atoms with E-state index in [0.717, 1.165) is 12.8 Å². The number of unbranched alkanes of at least 4 members (excludes halogenated alkanes) is 1. The lowest BCUT2D eigenvalue weighted by atomic mass is 9.86. The average Bonchev–Trinajstić information content (AvgIpc) is 2.42. The van der Waals surface area contributed by atoms with E-state index in [1.807, 2.05) is 13.8 Å². The number of ether oxygens (including phenoxy) is 1. The molecule has 0 aromatic heterocycles. The lowest BCUT2D eigenvalue weighted by molar-refractivity contribution is 0.00621. The Kier molecular flexibility index (Phi) is 10.6. The van der Waals surface area contributed by atoms with Gasteiger partial charge in [0.25, 0.3) is 0 Å². The molecule has 0 saturated heterocycles. The summed E-state index contributed by atoms with van der Waals surface area (Å²) in [7, 11) is 0. The molecule has 0 saturated carbocycles. The third-order valence-corrected chi connectivity index (χ3v) is 3.97. The minimum atomic E-state index is -0.147. The second-order valence-corrected chi connectivity index (χ2v) is 5.96. The van der Waals surface area contributed by atoms with E-state index in [9.17, 15) is 4.79 Å². The molecule has 0 spiro atoms. The first-order valence-electron chi connectivity index (χ1n) is 8.47. The largest absolute Gasteiger partial charge is 0.446 e. The molecule has 0 aliphatic carbocycles. The van der Waals surface area contributed by atoms with Gasteiger partial charge in [0.2, 0.25) is 0 Å². The van der Waals surface area contributed by atoms with E-state index >= 15 is 0 Å². The molecule has 0 heterocycles. The summed E-state index contributed by atoms with van der Waals surface area (Å²) in [6.45, 7) is 14.2. The first kappa shape index (κ1) is 19.3. The smallest absolute Gasteiger partial charge is 0.410 e. The van der Waals surface area contributed by atoms with Crippen LogP contribution in [-0.2, 0) is 4.74 Å². The second-order valence-electron chi connectivity index (χ2n) is 5.96. The molecule has 0 radical (unpaired) electrons. The highest BCUT2D eigenvalue weighted by Gasteiger charge is 2.28. The van der Waals surface area contributed by atoms with Crippen molar-refractivity contribution < 1.29 is 9.53 Å². The van der Waals surface area contributed by atoms with E-state index in [1.54, 1.807) is 4.90 Å². The van der Waals surface area contributed by atoms with Crippen molar-refractivity contribution in [3.8, 4) is 0 Å². The first-order valence-corrected chi connectivity index (χ1v) is 8.47. The Morgan fingerprint density at radius 1 is 1.00 bits per heavy atom. The monoisotopic (exact) mass is 285 g/mol. The lowest BCUT2D eigenvalue weighted by Gasteiger charge is -2.32. The molecule has 2 atom stereocenters. The van der Waals surface area contributed by atoms with Gasteiger partial charge >= 0.3 is 6.09 Å². The van der Waals surface area contributed by atoms with E-state index in [0.29, 0.717) is 24.9 Å². The fourth-order valence-electron chi connectivity index (χ4n) is 2.76. The van der Waals surface area contributed by atoms with Crippen LogP contribution in [0.5, 0.6) is 0 Å². The summed E-state index contributed by atoms with van der Waals surface area (Å²) in [5.74, 6) is 0.877. The van der Waals surface area contributed by atoms with Gasteiger partial charge in [-0.2, -0.15) is 0 Å². The molecular formula is C17H35NO2. The maximum atomic E-state index is 12.2. The van der Waals surface area contributed by atoms with Gasteiger partial charge in [-0.15, -0.1) is 0 Å². The van der Waals surface area contributed by atoms with Gasteiger partial charge < -0.3 is 9.64 Å². The van der Waals surface area contributed by atoms with E-state index < -0.39 is 0 Å². The minimum absolute atomic E-state index is 0.0506. The van der Waals surface area contributed by atoms with Gasteiger partial charge in [0.1, 0.15) is 6.10 Å². The molecule has 0 fully saturated rings. The van der Waals surface area contributed by atoms with Crippen LogP contribution in [0.25, 0.3) is 0 Å². The zero-order valence-corrected chi connectivity index (χ0v) is 14.4. The van der Waals surface area contributed by atoms with Crippen LogP contribution >= 0.6 is 0 Å². The highest BCUT2D eigenvalue weighted by molar-refractivity contribution is 5.67. The first-order chi connectivity index (χ1) is 9.51. The number of amides is 1. The van der Waals surface area contributed by atoms with Crippen molar-refractivity contribution in [1.82, 2.24) is 4.90 Å². The molecule has 2 unspecified atom stereocenters. The van der Waals surface area contributed by atoms with Crippen molar-refractivity contribution in [2.75, 3.05) is 13.1 Å². The topological polar surface area (TPSA) is 29.5 Å². The van der Waals surface area contributed by atoms with E-state index in [4.69, 9.17) is 4.74 Å². The predicted octanol–water partition coefficient (Wildman–Crippen LogP) is 5.10. The summed E-state index contributed by atoms with van der Waals surface area (Å²) in [5, 5.41) is 0. The molecule has 1 amide bonds. The van der Waals surface area contributed by atoms with Gasteiger partial charge in [-0.1, -0.05) is 47.0 Å². The number of hydrogen-bond acceptors (Lipinski definition) is 2. The van der Waals surface area contributed by atoms with Gasteiger partial charge in [0, 0.05) is 13.1 Å². The Hall–Kier alpha value is -0.730. The fraction of sp³-hybridized carbons (Fsp3) is 0.941. The van der Waals surface area contributed by atoms with E-state index in [2.05, 4.69) is 27.7 Å². The van der Waals surface area contributed by atoms with Gasteiger partial charge in [-0.05, 0) is 38.5 Å². The Labute approximate surface area is 126 Å². The molecule has 0 aliphatic rings. The summed E-state index contributed by atoms with van der Waals surface area (Å²) in [4.78, 5) is 14.0. The fourth-order valence-corrected chi connectivity index (χ4v) is 2.76. The van der Waals surface area contributed by atoms with Crippen molar-refractivity contribution in [1.29, 1.82) is 0 Å². The third kappa shape index (κ3) is 6.62. The van der Waals surface area contributed by atoms with Crippen LogP contribution in [0, 0.1) is 11.8 Å². The standard InChI is InChI=1S/C17H35NO2/c1-7-11-13-15(12-8-2)16(14(5)6)20-17(19)18(9-3)10-4/h14-16H,7-13H2,1-6H3. The number of nitrogens with zero attached hydrogens (tertiary/aromatic N) is 1. The molecule has 0 aromatic rings. The van der Waals surface area contributed by atoms with Crippen LogP contribution in [0.2, 0.25) is 0 Å². The van der Waals surface area contributed by atoms with Gasteiger partial charge in [-0.25, -0.2) is 4.79 Å². The second kappa shape index (κ2) is 11.0. The zero-order chi connectivity index (χ0) is 15.5. The summed E-state index contributed by atoms with van der Waals surface area (Å²) in [6, 6.07) is 0. The quantitative estimate of drug-likeness (QED) is 0.559. The van der Waals surface area contributed by atoms with Crippen LogP contribution < -0.4 is 0 Å². The highest BCUT2D eigenvalue weighted by atomic mass is 16.6. The predicted molar refractivity (Wildman–Crippen MR) is 86.0 cm³/mol. The van der Waals surface area contributed by atoms with Crippen molar-refractivity contribution >= 4 is 6.09 Å². The molecule has 0 bridgehead atoms. The summed E-state index contributed by atoms with van der Waals surface area (Å²) >= 11 is 0. The molecule has 3 heteroatoms. The van der Waals surface area contributed by atoms with Crippen molar-refractivity contribution in [2.45, 2.75) is 79.8 Å². The van der Waals surface area contributed by atoms with Gasteiger partial charge in [0.05, 0.1) is 0 Å². The zero-order valence-electron chi connectivity index (χ0n) is 14.4. The minimum Gasteiger partial charge on any atom is -0.446 e. The van der Waals surface area contributed by atoms with Gasteiger partial charge in [0.15, 0.2) is 0 Å². The maximum Gasteiger partial charge on any atom is 0.410 e. The van der Waals surface area contributed by atoms with Gasteiger partial charge in [-0.3, -0.25) is 0 Å². The van der Waals surface area contributed by atoms with Crippen molar-refractivity contribution in [3.05, 3.63) is 0 Å². The molecule has 20 heavy (non-hydrogen) atoms. The molecule has 0 rings (SSSR count). The normalized spacial score (nSPS) is 14.2.